The maximum Gasteiger partial charge on any atom is 0.295 e. The number of hydrogen-bond acceptors (Lipinski definition) is 4. The van der Waals surface area contributed by atoms with Gasteiger partial charge in [-0.15, -0.1) is 0 Å². The van der Waals surface area contributed by atoms with E-state index in [4.69, 9.17) is 4.74 Å². The van der Waals surface area contributed by atoms with Crippen LogP contribution in [-0.4, -0.2) is 23.7 Å². The molecule has 0 radical (unpaired) electrons. The van der Waals surface area contributed by atoms with Crippen molar-refractivity contribution in [2.45, 2.75) is 25.5 Å². The van der Waals surface area contributed by atoms with Gasteiger partial charge in [-0.3, -0.25) is 10.1 Å². The molecule has 0 amide bonds. The predicted molar refractivity (Wildman–Crippen MR) is 60.5 cm³/mol. The molecule has 0 spiro atoms. The second-order valence-corrected chi connectivity index (χ2v) is 4.13. The molecule has 98 valence electrons. The van der Waals surface area contributed by atoms with Gasteiger partial charge in [0.05, 0.1) is 17.1 Å². The standard InChI is InChI=1S/C11H12F2N2O3/c1-6-8(4-5-18-6)14-11-9(15(16)17)3-2-7(12)10(11)13/h2-3,6,8,14H,4-5H2,1H3. The Morgan fingerprint density at radius 3 is 2.78 bits per heavy atom. The van der Waals surface area contributed by atoms with Gasteiger partial charge in [-0.1, -0.05) is 0 Å². The lowest BCUT2D eigenvalue weighted by molar-refractivity contribution is -0.384. The molecule has 1 aliphatic heterocycles. The van der Waals surface area contributed by atoms with Gasteiger partial charge in [-0.05, 0) is 19.4 Å². The van der Waals surface area contributed by atoms with Crippen LogP contribution in [0.1, 0.15) is 13.3 Å². The number of benzene rings is 1. The number of halogens is 2. The second-order valence-electron chi connectivity index (χ2n) is 4.13. The molecule has 1 aromatic carbocycles. The second kappa shape index (κ2) is 4.85. The minimum Gasteiger partial charge on any atom is -0.376 e. The molecule has 7 heteroatoms. The van der Waals surface area contributed by atoms with Gasteiger partial charge in [0.2, 0.25) is 0 Å². The Morgan fingerprint density at radius 2 is 2.22 bits per heavy atom. The van der Waals surface area contributed by atoms with E-state index >= 15 is 0 Å². The molecule has 1 aliphatic rings. The van der Waals surface area contributed by atoms with Crippen LogP contribution in [0.15, 0.2) is 12.1 Å². The summed E-state index contributed by atoms with van der Waals surface area (Å²) < 4.78 is 32.0. The topological polar surface area (TPSA) is 64.4 Å². The van der Waals surface area contributed by atoms with Crippen molar-refractivity contribution in [3.63, 3.8) is 0 Å². The number of anilines is 1. The first-order valence-electron chi connectivity index (χ1n) is 5.51. The Morgan fingerprint density at radius 1 is 1.50 bits per heavy atom. The van der Waals surface area contributed by atoms with E-state index < -0.39 is 27.9 Å². The van der Waals surface area contributed by atoms with Gasteiger partial charge in [0, 0.05) is 12.7 Å². The van der Waals surface area contributed by atoms with Crippen molar-refractivity contribution in [1.82, 2.24) is 0 Å². The molecule has 1 fully saturated rings. The number of nitrogens with one attached hydrogen (secondary N) is 1. The molecule has 0 aliphatic carbocycles. The van der Waals surface area contributed by atoms with Gasteiger partial charge in [0.1, 0.15) is 0 Å². The summed E-state index contributed by atoms with van der Waals surface area (Å²) in [5.41, 5.74) is -0.893. The molecular weight excluding hydrogens is 246 g/mol. The van der Waals surface area contributed by atoms with E-state index in [1.165, 1.54) is 0 Å². The van der Waals surface area contributed by atoms with Crippen LogP contribution in [0.3, 0.4) is 0 Å². The highest BCUT2D eigenvalue weighted by atomic mass is 19.2. The molecule has 0 aromatic heterocycles. The van der Waals surface area contributed by atoms with Gasteiger partial charge in [-0.25, -0.2) is 8.78 Å². The van der Waals surface area contributed by atoms with E-state index in [2.05, 4.69) is 5.32 Å². The molecule has 2 unspecified atom stereocenters. The number of nitro groups is 1. The third kappa shape index (κ3) is 2.26. The first kappa shape index (κ1) is 12.7. The van der Waals surface area contributed by atoms with Crippen molar-refractivity contribution in [3.8, 4) is 0 Å². The first-order chi connectivity index (χ1) is 8.50. The van der Waals surface area contributed by atoms with Crippen LogP contribution in [0.25, 0.3) is 0 Å². The monoisotopic (exact) mass is 258 g/mol. The van der Waals surface area contributed by atoms with Crippen molar-refractivity contribution in [2.24, 2.45) is 0 Å². The zero-order valence-corrected chi connectivity index (χ0v) is 9.65. The van der Waals surface area contributed by atoms with Crippen molar-refractivity contribution in [1.29, 1.82) is 0 Å². The quantitative estimate of drug-likeness (QED) is 0.668. The van der Waals surface area contributed by atoms with E-state index in [9.17, 15) is 18.9 Å². The normalized spacial score (nSPS) is 23.1. The van der Waals surface area contributed by atoms with E-state index in [-0.39, 0.29) is 12.1 Å². The highest BCUT2D eigenvalue weighted by molar-refractivity contribution is 5.63. The van der Waals surface area contributed by atoms with E-state index in [0.29, 0.717) is 13.0 Å². The highest BCUT2D eigenvalue weighted by Crippen LogP contribution is 2.31. The summed E-state index contributed by atoms with van der Waals surface area (Å²) in [6, 6.07) is 1.43. The van der Waals surface area contributed by atoms with Gasteiger partial charge < -0.3 is 10.1 Å². The van der Waals surface area contributed by atoms with Crippen LogP contribution >= 0.6 is 0 Å². The van der Waals surface area contributed by atoms with Gasteiger partial charge in [-0.2, -0.15) is 0 Å². The van der Waals surface area contributed by atoms with Crippen LogP contribution in [-0.2, 0) is 4.74 Å². The number of rotatable bonds is 3. The lowest BCUT2D eigenvalue weighted by Crippen LogP contribution is -2.27. The van der Waals surface area contributed by atoms with Crippen LogP contribution < -0.4 is 5.32 Å². The van der Waals surface area contributed by atoms with E-state index in [0.717, 1.165) is 12.1 Å². The zero-order valence-electron chi connectivity index (χ0n) is 9.65. The lowest BCUT2D eigenvalue weighted by Gasteiger charge is -2.17. The number of nitro benzene ring substituents is 1. The van der Waals surface area contributed by atoms with Gasteiger partial charge in [0.15, 0.2) is 17.3 Å². The fourth-order valence-electron chi connectivity index (χ4n) is 1.94. The molecule has 1 N–H and O–H groups in total. The largest absolute Gasteiger partial charge is 0.376 e. The third-order valence-corrected chi connectivity index (χ3v) is 2.98. The molecule has 1 saturated heterocycles. The van der Waals surface area contributed by atoms with E-state index in [1.54, 1.807) is 6.92 Å². The van der Waals surface area contributed by atoms with Crippen molar-refractivity contribution in [3.05, 3.63) is 33.9 Å². The lowest BCUT2D eigenvalue weighted by atomic mass is 10.1. The van der Waals surface area contributed by atoms with Crippen molar-refractivity contribution < 1.29 is 18.4 Å². The Bertz CT molecular complexity index is 482. The Hall–Kier alpha value is -1.76. The van der Waals surface area contributed by atoms with Gasteiger partial charge >= 0.3 is 0 Å². The molecule has 5 nitrogen and oxygen atoms in total. The summed E-state index contributed by atoms with van der Waals surface area (Å²) in [6.45, 7) is 2.26. The molecule has 0 bridgehead atoms. The summed E-state index contributed by atoms with van der Waals surface area (Å²) in [7, 11) is 0. The first-order valence-corrected chi connectivity index (χ1v) is 5.51. The highest BCUT2D eigenvalue weighted by Gasteiger charge is 2.29. The molecule has 1 aromatic rings. The molecule has 0 saturated carbocycles. The zero-order chi connectivity index (χ0) is 13.3. The number of hydrogen-bond donors (Lipinski definition) is 1. The van der Waals surface area contributed by atoms with Crippen LogP contribution in [0, 0.1) is 21.7 Å². The third-order valence-electron chi connectivity index (χ3n) is 2.98. The van der Waals surface area contributed by atoms with Crippen LogP contribution in [0.5, 0.6) is 0 Å². The van der Waals surface area contributed by atoms with Gasteiger partial charge in [0.25, 0.3) is 5.69 Å². The molecule has 1 heterocycles. The number of ether oxygens (including phenoxy) is 1. The average Bonchev–Trinajstić information content (AvgIpc) is 2.70. The van der Waals surface area contributed by atoms with Crippen molar-refractivity contribution in [2.75, 3.05) is 11.9 Å². The maximum atomic E-state index is 13.6. The van der Waals surface area contributed by atoms with Crippen LogP contribution in [0.4, 0.5) is 20.2 Å². The fourth-order valence-corrected chi connectivity index (χ4v) is 1.94. The molecular formula is C11H12F2N2O3. The summed E-state index contributed by atoms with van der Waals surface area (Å²) >= 11 is 0. The summed E-state index contributed by atoms with van der Waals surface area (Å²) in [5.74, 6) is -2.35. The SMILES string of the molecule is CC1OCCC1Nc1c([N+](=O)[O-])ccc(F)c1F. The maximum absolute atomic E-state index is 13.6. The fraction of sp³-hybridized carbons (Fsp3) is 0.455. The molecule has 18 heavy (non-hydrogen) atoms. The average molecular weight is 258 g/mol. The number of nitrogens with zero attached hydrogens (tertiary/aromatic N) is 1. The molecule has 2 rings (SSSR count). The van der Waals surface area contributed by atoms with Crippen molar-refractivity contribution >= 4 is 11.4 Å². The van der Waals surface area contributed by atoms with Crippen LogP contribution in [0.2, 0.25) is 0 Å². The molecule has 2 atom stereocenters. The summed E-state index contributed by atoms with van der Waals surface area (Å²) in [4.78, 5) is 10.0. The predicted octanol–water partition coefficient (Wildman–Crippen LogP) is 2.46. The Labute approximate surface area is 102 Å². The summed E-state index contributed by atoms with van der Waals surface area (Å²) in [6.07, 6.45) is 0.390. The summed E-state index contributed by atoms with van der Waals surface area (Å²) in [5, 5.41) is 13.5. The Kier molecular flexibility index (Phi) is 3.42. The minimum absolute atomic E-state index is 0.202. The smallest absolute Gasteiger partial charge is 0.295 e. The Balaban J connectivity index is 2.35. The minimum atomic E-state index is -1.23. The van der Waals surface area contributed by atoms with E-state index in [1.807, 2.05) is 0 Å².